The van der Waals surface area contributed by atoms with Crippen LogP contribution in [-0.4, -0.2) is 44.6 Å². The predicted octanol–water partition coefficient (Wildman–Crippen LogP) is 1.45. The Balaban J connectivity index is 1.91. The number of nitrogens with one attached hydrogen (secondary N) is 1. The quantitative estimate of drug-likeness (QED) is 0.897. The number of fused-ring (bicyclic) bond motifs is 1. The van der Waals surface area contributed by atoms with Crippen LogP contribution in [0, 0.1) is 0 Å². The normalized spacial score (nSPS) is 27.1. The van der Waals surface area contributed by atoms with Gasteiger partial charge in [-0.3, -0.25) is 0 Å². The molecule has 0 amide bonds. The predicted molar refractivity (Wildman–Crippen MR) is 77.4 cm³/mol. The highest BCUT2D eigenvalue weighted by Gasteiger charge is 2.32. The largest absolute Gasteiger partial charge is 0.384 e. The van der Waals surface area contributed by atoms with E-state index >= 15 is 0 Å². The molecule has 0 spiro atoms. The van der Waals surface area contributed by atoms with E-state index in [1.165, 1.54) is 9.87 Å². The Morgan fingerprint density at radius 1 is 1.25 bits per heavy atom. The van der Waals surface area contributed by atoms with E-state index in [-0.39, 0.29) is 12.2 Å². The first-order chi connectivity index (χ1) is 9.46. The molecule has 0 bridgehead atoms. The highest BCUT2D eigenvalue weighted by atomic mass is 32.2. The second-order valence-electron chi connectivity index (χ2n) is 5.58. The van der Waals surface area contributed by atoms with Gasteiger partial charge in [-0.2, -0.15) is 4.31 Å². The maximum atomic E-state index is 12.7. The van der Waals surface area contributed by atoms with Crippen LogP contribution < -0.4 is 5.32 Å². The van der Waals surface area contributed by atoms with E-state index in [1.54, 1.807) is 12.1 Å². The van der Waals surface area contributed by atoms with Crippen molar-refractivity contribution in [1.29, 1.82) is 0 Å². The monoisotopic (exact) mass is 296 g/mol. The lowest BCUT2D eigenvalue weighted by Gasteiger charge is -2.34. The average Bonchev–Trinajstić information content (AvgIpc) is 2.84. The van der Waals surface area contributed by atoms with Crippen molar-refractivity contribution in [3.63, 3.8) is 0 Å². The first-order valence-electron chi connectivity index (χ1n) is 6.99. The summed E-state index contributed by atoms with van der Waals surface area (Å²) >= 11 is 0. The molecule has 0 aromatic heterocycles. The molecule has 1 saturated heterocycles. The molecule has 1 aromatic rings. The van der Waals surface area contributed by atoms with Gasteiger partial charge in [-0.05, 0) is 38.0 Å². The second-order valence-corrected chi connectivity index (χ2v) is 7.51. The Bertz CT molecular complexity index is 605. The van der Waals surface area contributed by atoms with Crippen LogP contribution in [0.5, 0.6) is 0 Å². The summed E-state index contributed by atoms with van der Waals surface area (Å²) in [4.78, 5) is 0.368. The topological polar surface area (TPSA) is 58.6 Å². The van der Waals surface area contributed by atoms with Gasteiger partial charge in [0.05, 0.1) is 17.1 Å². The molecule has 2 heterocycles. The minimum absolute atomic E-state index is 0.0684. The van der Waals surface area contributed by atoms with E-state index in [1.807, 2.05) is 19.9 Å². The SMILES string of the molecule is CC1CN(S(=O)(=O)c2ccc3c(c2)NCC3)CC(C)O1. The number of nitrogens with zero attached hydrogens (tertiary/aromatic N) is 1. The summed E-state index contributed by atoms with van der Waals surface area (Å²) in [6.07, 6.45) is 0.823. The summed E-state index contributed by atoms with van der Waals surface area (Å²) in [6.45, 7) is 5.52. The average molecular weight is 296 g/mol. The van der Waals surface area contributed by atoms with Gasteiger partial charge in [0.1, 0.15) is 0 Å². The van der Waals surface area contributed by atoms with Crippen molar-refractivity contribution >= 4 is 15.7 Å². The molecule has 20 heavy (non-hydrogen) atoms. The zero-order valence-electron chi connectivity index (χ0n) is 11.8. The summed E-state index contributed by atoms with van der Waals surface area (Å²) < 4.78 is 32.6. The van der Waals surface area contributed by atoms with Crippen molar-refractivity contribution in [1.82, 2.24) is 4.31 Å². The van der Waals surface area contributed by atoms with Crippen molar-refractivity contribution in [2.45, 2.75) is 37.4 Å². The number of morpholine rings is 1. The summed E-state index contributed by atoms with van der Waals surface area (Å²) in [7, 11) is -3.44. The molecule has 2 aliphatic heterocycles. The van der Waals surface area contributed by atoms with Crippen LogP contribution in [0.2, 0.25) is 0 Å². The Morgan fingerprint density at radius 3 is 2.65 bits per heavy atom. The molecule has 0 aliphatic carbocycles. The van der Waals surface area contributed by atoms with Crippen molar-refractivity contribution in [3.05, 3.63) is 23.8 Å². The van der Waals surface area contributed by atoms with Gasteiger partial charge < -0.3 is 10.1 Å². The summed E-state index contributed by atoms with van der Waals surface area (Å²) in [5, 5.41) is 3.23. The molecule has 1 N–H and O–H groups in total. The van der Waals surface area contributed by atoms with Gasteiger partial charge >= 0.3 is 0 Å². The molecule has 1 fully saturated rings. The third kappa shape index (κ3) is 2.43. The molecule has 0 saturated carbocycles. The fourth-order valence-electron chi connectivity index (χ4n) is 2.91. The van der Waals surface area contributed by atoms with Gasteiger partial charge in [0.2, 0.25) is 10.0 Å². The fraction of sp³-hybridized carbons (Fsp3) is 0.571. The highest BCUT2D eigenvalue weighted by molar-refractivity contribution is 7.89. The maximum Gasteiger partial charge on any atom is 0.243 e. The molecular weight excluding hydrogens is 276 g/mol. The van der Waals surface area contributed by atoms with Gasteiger partial charge in [-0.1, -0.05) is 6.07 Å². The molecule has 110 valence electrons. The lowest BCUT2D eigenvalue weighted by Crippen LogP contribution is -2.48. The number of ether oxygens (including phenoxy) is 1. The van der Waals surface area contributed by atoms with Crippen LogP contribution >= 0.6 is 0 Å². The van der Waals surface area contributed by atoms with Gasteiger partial charge in [-0.15, -0.1) is 0 Å². The number of benzene rings is 1. The van der Waals surface area contributed by atoms with Gasteiger partial charge in [0, 0.05) is 25.3 Å². The second kappa shape index (κ2) is 5.02. The number of rotatable bonds is 2. The van der Waals surface area contributed by atoms with E-state index < -0.39 is 10.0 Å². The van der Waals surface area contributed by atoms with Crippen LogP contribution in [0.3, 0.4) is 0 Å². The maximum absolute atomic E-state index is 12.7. The number of hydrogen-bond donors (Lipinski definition) is 1. The van der Waals surface area contributed by atoms with Crippen LogP contribution in [-0.2, 0) is 21.2 Å². The lowest BCUT2D eigenvalue weighted by molar-refractivity contribution is -0.0440. The van der Waals surface area contributed by atoms with Crippen LogP contribution in [0.4, 0.5) is 5.69 Å². The number of hydrogen-bond acceptors (Lipinski definition) is 4. The molecule has 1 aromatic carbocycles. The van der Waals surface area contributed by atoms with Crippen molar-refractivity contribution < 1.29 is 13.2 Å². The summed E-state index contributed by atoms with van der Waals surface area (Å²) in [6, 6.07) is 5.38. The van der Waals surface area contributed by atoms with E-state index in [4.69, 9.17) is 4.74 Å². The van der Waals surface area contributed by atoms with E-state index in [9.17, 15) is 8.42 Å². The number of anilines is 1. The standard InChI is InChI=1S/C14H20N2O3S/c1-10-8-16(9-11(2)19-10)20(17,18)13-4-3-12-5-6-15-14(12)7-13/h3-4,7,10-11,15H,5-6,8-9H2,1-2H3. The third-order valence-corrected chi connectivity index (χ3v) is 5.64. The van der Waals surface area contributed by atoms with E-state index in [0.29, 0.717) is 18.0 Å². The zero-order chi connectivity index (χ0) is 14.3. The summed E-state index contributed by atoms with van der Waals surface area (Å²) in [5.74, 6) is 0. The van der Waals surface area contributed by atoms with Gasteiger partial charge in [-0.25, -0.2) is 8.42 Å². The fourth-order valence-corrected chi connectivity index (χ4v) is 4.52. The van der Waals surface area contributed by atoms with Crippen molar-refractivity contribution in [3.8, 4) is 0 Å². The molecule has 2 unspecified atom stereocenters. The summed E-state index contributed by atoms with van der Waals surface area (Å²) in [5.41, 5.74) is 2.13. The molecule has 5 nitrogen and oxygen atoms in total. The van der Waals surface area contributed by atoms with Gasteiger partial charge in [0.25, 0.3) is 0 Å². The van der Waals surface area contributed by atoms with Crippen molar-refractivity contribution in [2.75, 3.05) is 25.0 Å². The minimum Gasteiger partial charge on any atom is -0.384 e. The molecule has 0 radical (unpaired) electrons. The first kappa shape index (κ1) is 13.9. The molecule has 6 heteroatoms. The van der Waals surface area contributed by atoms with E-state index in [2.05, 4.69) is 5.32 Å². The minimum atomic E-state index is -3.44. The zero-order valence-corrected chi connectivity index (χ0v) is 12.6. The Labute approximate surface area is 120 Å². The third-order valence-electron chi connectivity index (χ3n) is 3.82. The highest BCUT2D eigenvalue weighted by Crippen LogP contribution is 2.28. The van der Waals surface area contributed by atoms with Crippen LogP contribution in [0.25, 0.3) is 0 Å². The van der Waals surface area contributed by atoms with E-state index in [0.717, 1.165) is 18.7 Å². The first-order valence-corrected chi connectivity index (χ1v) is 8.43. The van der Waals surface area contributed by atoms with Gasteiger partial charge in [0.15, 0.2) is 0 Å². The smallest absolute Gasteiger partial charge is 0.243 e. The molecule has 2 atom stereocenters. The number of sulfonamides is 1. The Morgan fingerprint density at radius 2 is 1.95 bits per heavy atom. The molecule has 2 aliphatic rings. The lowest BCUT2D eigenvalue weighted by atomic mass is 10.2. The van der Waals surface area contributed by atoms with Crippen LogP contribution in [0.15, 0.2) is 23.1 Å². The molecular formula is C14H20N2O3S. The van der Waals surface area contributed by atoms with Crippen molar-refractivity contribution in [2.24, 2.45) is 0 Å². The van der Waals surface area contributed by atoms with Crippen LogP contribution in [0.1, 0.15) is 19.4 Å². The Hall–Kier alpha value is -1.11. The molecule has 3 rings (SSSR count). The Kier molecular flexibility index (Phi) is 3.48.